The number of nitrogens with zero attached hydrogens (tertiary/aromatic N) is 2. The van der Waals surface area contributed by atoms with Gasteiger partial charge in [-0.3, -0.25) is 0 Å². The fraction of sp³-hybridized carbons (Fsp3) is 0.125. The molecule has 0 radical (unpaired) electrons. The van der Waals surface area contributed by atoms with Gasteiger partial charge in [0.05, 0.1) is 11.4 Å². The van der Waals surface area contributed by atoms with E-state index in [0.717, 1.165) is 17.1 Å². The molecule has 2 aromatic carbocycles. The monoisotopic (exact) mass is 266 g/mol. The molecule has 0 amide bonds. The predicted molar refractivity (Wildman–Crippen MR) is 82.4 cm³/mol. The standard InChI is InChI=1S/C16H14N2S/c1-11-2-3-13-9-14(5-4-12(13)8-11)15-6-7-17-16(10-19)18-15/h2-9,19H,10H2,1H3. The Morgan fingerprint density at radius 3 is 2.63 bits per heavy atom. The summed E-state index contributed by atoms with van der Waals surface area (Å²) in [6, 6.07) is 14.8. The van der Waals surface area contributed by atoms with Gasteiger partial charge < -0.3 is 0 Å². The molecule has 0 atom stereocenters. The maximum absolute atomic E-state index is 4.50. The van der Waals surface area contributed by atoms with E-state index in [-0.39, 0.29) is 0 Å². The zero-order chi connectivity index (χ0) is 13.2. The number of aryl methyl sites for hydroxylation is 1. The maximum atomic E-state index is 4.50. The molecule has 0 spiro atoms. The molecule has 0 fully saturated rings. The fourth-order valence-electron chi connectivity index (χ4n) is 2.16. The van der Waals surface area contributed by atoms with Gasteiger partial charge in [-0.25, -0.2) is 9.97 Å². The van der Waals surface area contributed by atoms with Crippen LogP contribution in [0.4, 0.5) is 0 Å². The lowest BCUT2D eigenvalue weighted by Gasteiger charge is -2.05. The molecule has 0 bridgehead atoms. The highest BCUT2D eigenvalue weighted by Gasteiger charge is 2.03. The van der Waals surface area contributed by atoms with Crippen molar-refractivity contribution >= 4 is 23.4 Å². The highest BCUT2D eigenvalue weighted by atomic mass is 32.1. The van der Waals surface area contributed by atoms with Gasteiger partial charge in [0.15, 0.2) is 0 Å². The van der Waals surface area contributed by atoms with E-state index in [2.05, 4.69) is 65.9 Å². The number of benzene rings is 2. The molecule has 3 heteroatoms. The molecule has 19 heavy (non-hydrogen) atoms. The Hall–Kier alpha value is -1.87. The number of fused-ring (bicyclic) bond motifs is 1. The zero-order valence-electron chi connectivity index (χ0n) is 10.7. The Morgan fingerprint density at radius 1 is 1.00 bits per heavy atom. The summed E-state index contributed by atoms with van der Waals surface area (Å²) in [4.78, 5) is 8.67. The molecule has 0 aliphatic rings. The van der Waals surface area contributed by atoms with Crippen LogP contribution < -0.4 is 0 Å². The molecular weight excluding hydrogens is 252 g/mol. The minimum Gasteiger partial charge on any atom is -0.240 e. The molecule has 0 aliphatic carbocycles. The second-order valence-electron chi connectivity index (χ2n) is 4.58. The molecule has 3 rings (SSSR count). The van der Waals surface area contributed by atoms with Gasteiger partial charge in [0.25, 0.3) is 0 Å². The van der Waals surface area contributed by atoms with E-state index in [1.165, 1.54) is 16.3 Å². The van der Waals surface area contributed by atoms with Crippen molar-refractivity contribution in [1.29, 1.82) is 0 Å². The molecule has 0 N–H and O–H groups in total. The first-order valence-corrected chi connectivity index (χ1v) is 6.83. The molecule has 0 aliphatic heterocycles. The lowest BCUT2D eigenvalue weighted by Crippen LogP contribution is -1.92. The first-order valence-electron chi connectivity index (χ1n) is 6.20. The van der Waals surface area contributed by atoms with Gasteiger partial charge in [-0.2, -0.15) is 12.6 Å². The van der Waals surface area contributed by atoms with Crippen LogP contribution in [-0.2, 0) is 5.75 Å². The number of thiol groups is 1. The summed E-state index contributed by atoms with van der Waals surface area (Å²) in [6.07, 6.45) is 1.78. The summed E-state index contributed by atoms with van der Waals surface area (Å²) in [5.41, 5.74) is 3.34. The average Bonchev–Trinajstić information content (AvgIpc) is 2.46. The number of hydrogen-bond acceptors (Lipinski definition) is 3. The van der Waals surface area contributed by atoms with E-state index in [0.29, 0.717) is 5.75 Å². The van der Waals surface area contributed by atoms with Crippen LogP contribution in [0.15, 0.2) is 48.7 Å². The van der Waals surface area contributed by atoms with Crippen LogP contribution >= 0.6 is 12.6 Å². The fourth-order valence-corrected chi connectivity index (χ4v) is 2.31. The van der Waals surface area contributed by atoms with Gasteiger partial charge in [0.2, 0.25) is 0 Å². The van der Waals surface area contributed by atoms with Crippen molar-refractivity contribution in [1.82, 2.24) is 9.97 Å². The van der Waals surface area contributed by atoms with E-state index in [9.17, 15) is 0 Å². The first-order chi connectivity index (χ1) is 9.26. The Balaban J connectivity index is 2.12. The van der Waals surface area contributed by atoms with Gasteiger partial charge in [-0.15, -0.1) is 0 Å². The normalized spacial score (nSPS) is 10.8. The summed E-state index contributed by atoms with van der Waals surface area (Å²) in [7, 11) is 0. The van der Waals surface area contributed by atoms with E-state index < -0.39 is 0 Å². The van der Waals surface area contributed by atoms with Gasteiger partial charge >= 0.3 is 0 Å². The van der Waals surface area contributed by atoms with E-state index >= 15 is 0 Å². The van der Waals surface area contributed by atoms with E-state index in [1.54, 1.807) is 6.20 Å². The quantitative estimate of drug-likeness (QED) is 0.708. The van der Waals surface area contributed by atoms with Crippen molar-refractivity contribution in [3.05, 3.63) is 60.0 Å². The van der Waals surface area contributed by atoms with Crippen molar-refractivity contribution in [2.24, 2.45) is 0 Å². The summed E-state index contributed by atoms with van der Waals surface area (Å²) >= 11 is 4.22. The lowest BCUT2D eigenvalue weighted by molar-refractivity contribution is 1.04. The van der Waals surface area contributed by atoms with Crippen LogP contribution in [0.3, 0.4) is 0 Å². The SMILES string of the molecule is Cc1ccc2cc(-c3ccnc(CS)n3)ccc2c1. The van der Waals surface area contributed by atoms with Gasteiger partial charge in [-0.05, 0) is 29.8 Å². The van der Waals surface area contributed by atoms with Crippen molar-refractivity contribution in [3.63, 3.8) is 0 Å². The van der Waals surface area contributed by atoms with E-state index in [4.69, 9.17) is 0 Å². The molecular formula is C16H14N2S. The molecule has 1 aromatic heterocycles. The van der Waals surface area contributed by atoms with Crippen molar-refractivity contribution < 1.29 is 0 Å². The highest BCUT2D eigenvalue weighted by molar-refractivity contribution is 7.79. The van der Waals surface area contributed by atoms with Gasteiger partial charge in [-0.1, -0.05) is 35.9 Å². The zero-order valence-corrected chi connectivity index (χ0v) is 11.6. The minimum atomic E-state index is 0.556. The third kappa shape index (κ3) is 2.47. The van der Waals surface area contributed by atoms with Crippen LogP contribution in [0.2, 0.25) is 0 Å². The van der Waals surface area contributed by atoms with Crippen LogP contribution in [0.5, 0.6) is 0 Å². The molecule has 1 heterocycles. The van der Waals surface area contributed by atoms with Crippen LogP contribution in [-0.4, -0.2) is 9.97 Å². The van der Waals surface area contributed by atoms with Gasteiger partial charge in [0.1, 0.15) is 5.82 Å². The summed E-state index contributed by atoms with van der Waals surface area (Å²) < 4.78 is 0. The molecule has 2 nitrogen and oxygen atoms in total. The number of hydrogen-bond donors (Lipinski definition) is 1. The Kier molecular flexibility index (Phi) is 3.22. The van der Waals surface area contributed by atoms with Crippen molar-refractivity contribution in [2.45, 2.75) is 12.7 Å². The van der Waals surface area contributed by atoms with Crippen LogP contribution in [0.1, 0.15) is 11.4 Å². The molecule has 0 saturated heterocycles. The van der Waals surface area contributed by atoms with Crippen LogP contribution in [0.25, 0.3) is 22.0 Å². The first kappa shape index (κ1) is 12.2. The smallest absolute Gasteiger partial charge is 0.138 e. The second kappa shape index (κ2) is 5.02. The maximum Gasteiger partial charge on any atom is 0.138 e. The molecule has 0 saturated carbocycles. The Bertz CT molecular complexity index is 738. The summed E-state index contributed by atoms with van der Waals surface area (Å²) in [5, 5.41) is 2.49. The van der Waals surface area contributed by atoms with Gasteiger partial charge in [0, 0.05) is 11.8 Å². The lowest BCUT2D eigenvalue weighted by atomic mass is 10.0. The summed E-state index contributed by atoms with van der Waals surface area (Å²) in [6.45, 7) is 2.11. The molecule has 3 aromatic rings. The number of rotatable bonds is 2. The second-order valence-corrected chi connectivity index (χ2v) is 4.90. The van der Waals surface area contributed by atoms with Crippen molar-refractivity contribution in [3.8, 4) is 11.3 Å². The predicted octanol–water partition coefficient (Wildman–Crippen LogP) is 4.04. The third-order valence-electron chi connectivity index (χ3n) is 3.14. The minimum absolute atomic E-state index is 0.556. The largest absolute Gasteiger partial charge is 0.240 e. The Labute approximate surface area is 117 Å². The third-order valence-corrected chi connectivity index (χ3v) is 3.42. The topological polar surface area (TPSA) is 25.8 Å². The van der Waals surface area contributed by atoms with Crippen molar-refractivity contribution in [2.75, 3.05) is 0 Å². The number of aromatic nitrogens is 2. The highest BCUT2D eigenvalue weighted by Crippen LogP contribution is 2.23. The summed E-state index contributed by atoms with van der Waals surface area (Å²) in [5.74, 6) is 1.31. The molecule has 0 unspecified atom stereocenters. The molecule has 94 valence electrons. The van der Waals surface area contributed by atoms with E-state index in [1.807, 2.05) is 6.07 Å². The van der Waals surface area contributed by atoms with Crippen LogP contribution in [0, 0.1) is 6.92 Å². The Morgan fingerprint density at radius 2 is 1.79 bits per heavy atom. The average molecular weight is 266 g/mol.